The smallest absolute Gasteiger partial charge is 0.303 e. The van der Waals surface area contributed by atoms with Crippen LogP contribution in [0.1, 0.15) is 25.5 Å². The van der Waals surface area contributed by atoms with Crippen LogP contribution >= 0.6 is 0 Å². The first-order valence-corrected chi connectivity index (χ1v) is 4.43. The Bertz CT molecular complexity index is 249. The summed E-state index contributed by atoms with van der Waals surface area (Å²) in [5.74, 6) is -0.711. The Morgan fingerprint density at radius 3 is 2.43 bits per heavy atom. The van der Waals surface area contributed by atoms with Crippen molar-refractivity contribution < 1.29 is 15.0 Å². The van der Waals surface area contributed by atoms with Gasteiger partial charge in [-0.05, 0) is 18.6 Å². The van der Waals surface area contributed by atoms with E-state index < -0.39 is 5.97 Å². The molecule has 1 heterocycles. The maximum absolute atomic E-state index is 9.60. The largest absolute Gasteiger partial charge is 0.481 e. The molecule has 0 radical (unpaired) electrons. The van der Waals surface area contributed by atoms with Gasteiger partial charge in [-0.1, -0.05) is 13.0 Å². The zero-order valence-electron chi connectivity index (χ0n) is 8.18. The van der Waals surface area contributed by atoms with Gasteiger partial charge in [0, 0.05) is 12.6 Å². The molecular weight excluding hydrogens is 182 g/mol. The summed E-state index contributed by atoms with van der Waals surface area (Å²) in [6.45, 7) is 1.87. The number of rotatable bonds is 3. The van der Waals surface area contributed by atoms with E-state index in [9.17, 15) is 4.79 Å². The van der Waals surface area contributed by atoms with E-state index in [4.69, 9.17) is 10.2 Å². The fourth-order valence-electron chi connectivity index (χ4n) is 0.706. The summed E-state index contributed by atoms with van der Waals surface area (Å²) in [5.41, 5.74) is 0.715. The van der Waals surface area contributed by atoms with Gasteiger partial charge in [0.05, 0.1) is 12.3 Å². The molecule has 0 saturated heterocycles. The van der Waals surface area contributed by atoms with E-state index in [1.807, 2.05) is 19.1 Å². The van der Waals surface area contributed by atoms with Gasteiger partial charge in [0.2, 0.25) is 0 Å². The zero-order valence-corrected chi connectivity index (χ0v) is 8.18. The van der Waals surface area contributed by atoms with Crippen molar-refractivity contribution in [2.24, 2.45) is 0 Å². The molecule has 0 aliphatic carbocycles. The Morgan fingerprint density at radius 2 is 2.21 bits per heavy atom. The van der Waals surface area contributed by atoms with Crippen LogP contribution in [0.2, 0.25) is 0 Å². The molecule has 0 aliphatic heterocycles. The highest BCUT2D eigenvalue weighted by atomic mass is 16.4. The van der Waals surface area contributed by atoms with E-state index in [0.29, 0.717) is 12.1 Å². The predicted molar refractivity (Wildman–Crippen MR) is 52.7 cm³/mol. The second kappa shape index (κ2) is 8.19. The summed E-state index contributed by atoms with van der Waals surface area (Å²) in [4.78, 5) is 13.4. The molecule has 14 heavy (non-hydrogen) atoms. The fourth-order valence-corrected chi connectivity index (χ4v) is 0.706. The Hall–Kier alpha value is -1.42. The van der Waals surface area contributed by atoms with Crippen LogP contribution < -0.4 is 0 Å². The van der Waals surface area contributed by atoms with Gasteiger partial charge in [-0.3, -0.25) is 9.78 Å². The maximum Gasteiger partial charge on any atom is 0.303 e. The van der Waals surface area contributed by atoms with Crippen LogP contribution in [0.3, 0.4) is 0 Å². The minimum absolute atomic E-state index is 0.0286. The molecule has 0 fully saturated rings. The van der Waals surface area contributed by atoms with Gasteiger partial charge in [0.15, 0.2) is 0 Å². The molecule has 0 atom stereocenters. The molecule has 0 aliphatic rings. The molecular formula is C10H15NO3. The monoisotopic (exact) mass is 197 g/mol. The van der Waals surface area contributed by atoms with E-state index in [1.165, 1.54) is 0 Å². The minimum Gasteiger partial charge on any atom is -0.481 e. The van der Waals surface area contributed by atoms with Crippen molar-refractivity contribution in [3.8, 4) is 0 Å². The molecule has 1 aromatic rings. The van der Waals surface area contributed by atoms with E-state index in [0.717, 1.165) is 6.42 Å². The van der Waals surface area contributed by atoms with Crippen molar-refractivity contribution in [1.29, 1.82) is 0 Å². The molecule has 4 heteroatoms. The second-order valence-corrected chi connectivity index (χ2v) is 2.62. The van der Waals surface area contributed by atoms with Crippen molar-refractivity contribution >= 4 is 5.97 Å². The number of carbonyl (C=O) groups is 1. The molecule has 0 unspecified atom stereocenters. The average molecular weight is 197 g/mol. The molecule has 0 amide bonds. The van der Waals surface area contributed by atoms with Crippen LogP contribution in [0.5, 0.6) is 0 Å². The molecule has 1 rings (SSSR count). The molecule has 0 bridgehead atoms. The number of aromatic nitrogens is 1. The highest BCUT2D eigenvalue weighted by Gasteiger charge is 1.87. The summed E-state index contributed by atoms with van der Waals surface area (Å²) in [6.07, 6.45) is 2.68. The first-order chi connectivity index (χ1) is 6.70. The van der Waals surface area contributed by atoms with Crippen molar-refractivity contribution in [2.75, 3.05) is 0 Å². The third kappa shape index (κ3) is 7.24. The standard InChI is InChI=1S/C6H7NO.C4H8O2/c8-5-6-3-1-2-4-7-6;1-2-3-4(5)6/h1-4,8H,5H2;2-3H2,1H3,(H,5,6). The lowest BCUT2D eigenvalue weighted by molar-refractivity contribution is -0.137. The van der Waals surface area contributed by atoms with E-state index in [1.54, 1.807) is 12.3 Å². The lowest BCUT2D eigenvalue weighted by Gasteiger charge is -1.88. The third-order valence-corrected chi connectivity index (χ3v) is 1.35. The van der Waals surface area contributed by atoms with Crippen LogP contribution in [0, 0.1) is 0 Å². The number of aliphatic hydroxyl groups excluding tert-OH is 1. The lowest BCUT2D eigenvalue weighted by atomic mass is 10.4. The number of nitrogens with zero attached hydrogens (tertiary/aromatic N) is 1. The number of carboxylic acids is 1. The van der Waals surface area contributed by atoms with Gasteiger partial charge >= 0.3 is 5.97 Å². The highest BCUT2D eigenvalue weighted by molar-refractivity contribution is 5.66. The Morgan fingerprint density at radius 1 is 1.50 bits per heavy atom. The van der Waals surface area contributed by atoms with Crippen LogP contribution in [-0.2, 0) is 11.4 Å². The van der Waals surface area contributed by atoms with E-state index >= 15 is 0 Å². The molecule has 0 saturated carbocycles. The highest BCUT2D eigenvalue weighted by Crippen LogP contribution is 1.89. The summed E-state index contributed by atoms with van der Waals surface area (Å²) in [5, 5.41) is 16.4. The molecule has 0 aromatic carbocycles. The van der Waals surface area contributed by atoms with Crippen molar-refractivity contribution in [3.05, 3.63) is 30.1 Å². The summed E-state index contributed by atoms with van der Waals surface area (Å²) >= 11 is 0. The third-order valence-electron chi connectivity index (χ3n) is 1.35. The van der Waals surface area contributed by atoms with Gasteiger partial charge in [-0.15, -0.1) is 0 Å². The van der Waals surface area contributed by atoms with Gasteiger partial charge < -0.3 is 10.2 Å². The predicted octanol–water partition coefficient (Wildman–Crippen LogP) is 1.45. The van der Waals surface area contributed by atoms with Crippen molar-refractivity contribution in [1.82, 2.24) is 4.98 Å². The average Bonchev–Trinajstić information content (AvgIpc) is 2.20. The Labute approximate surface area is 83.2 Å². The minimum atomic E-state index is -0.711. The molecule has 4 nitrogen and oxygen atoms in total. The Kier molecular flexibility index (Phi) is 7.36. The topological polar surface area (TPSA) is 70.4 Å². The van der Waals surface area contributed by atoms with Crippen molar-refractivity contribution in [2.45, 2.75) is 26.4 Å². The lowest BCUT2D eigenvalue weighted by Crippen LogP contribution is -1.90. The molecule has 1 aromatic heterocycles. The van der Waals surface area contributed by atoms with Crippen LogP contribution in [-0.4, -0.2) is 21.2 Å². The van der Waals surface area contributed by atoms with Crippen LogP contribution in [0.15, 0.2) is 24.4 Å². The number of aliphatic hydroxyl groups is 1. The Balaban J connectivity index is 0.000000255. The van der Waals surface area contributed by atoms with E-state index in [-0.39, 0.29) is 6.61 Å². The number of hydrogen-bond donors (Lipinski definition) is 2. The van der Waals surface area contributed by atoms with Gasteiger partial charge in [0.25, 0.3) is 0 Å². The number of hydrogen-bond acceptors (Lipinski definition) is 3. The van der Waals surface area contributed by atoms with Crippen LogP contribution in [0.25, 0.3) is 0 Å². The maximum atomic E-state index is 9.60. The molecule has 2 N–H and O–H groups in total. The van der Waals surface area contributed by atoms with Crippen molar-refractivity contribution in [3.63, 3.8) is 0 Å². The van der Waals surface area contributed by atoms with Gasteiger partial charge in [-0.25, -0.2) is 0 Å². The number of pyridine rings is 1. The quantitative estimate of drug-likeness (QED) is 0.769. The van der Waals surface area contributed by atoms with E-state index in [2.05, 4.69) is 4.98 Å². The molecule has 78 valence electrons. The normalized spacial score (nSPS) is 8.71. The van der Waals surface area contributed by atoms with Crippen LogP contribution in [0.4, 0.5) is 0 Å². The zero-order chi connectivity index (χ0) is 10.8. The first-order valence-electron chi connectivity index (χ1n) is 4.43. The first kappa shape index (κ1) is 12.6. The number of carboxylic acid groups (broad SMARTS) is 1. The van der Waals surface area contributed by atoms with Gasteiger partial charge in [0.1, 0.15) is 0 Å². The SMILES string of the molecule is CCCC(=O)O.OCc1ccccn1. The van der Waals surface area contributed by atoms with Gasteiger partial charge in [-0.2, -0.15) is 0 Å². The molecule has 0 spiro atoms. The fraction of sp³-hybridized carbons (Fsp3) is 0.400. The second-order valence-electron chi connectivity index (χ2n) is 2.62. The summed E-state index contributed by atoms with van der Waals surface area (Å²) in [7, 11) is 0. The number of aliphatic carboxylic acids is 1. The summed E-state index contributed by atoms with van der Waals surface area (Å²) < 4.78 is 0. The summed E-state index contributed by atoms with van der Waals surface area (Å²) in [6, 6.07) is 5.44.